The first kappa shape index (κ1) is 16.6. The summed E-state index contributed by atoms with van der Waals surface area (Å²) in [5.74, 6) is 0.774. The van der Waals surface area contributed by atoms with Crippen molar-refractivity contribution >= 4 is 25.7 Å². The summed E-state index contributed by atoms with van der Waals surface area (Å²) >= 11 is 1.26. The van der Waals surface area contributed by atoms with Crippen LogP contribution >= 0.6 is 25.7 Å². The predicted octanol–water partition coefficient (Wildman–Crippen LogP) is 2.14. The molecule has 1 aromatic rings. The Labute approximate surface area is 113 Å². The maximum atomic E-state index is 12.2. The van der Waals surface area contributed by atoms with E-state index in [9.17, 15) is 4.39 Å². The Hall–Kier alpha value is -0.430. The third kappa shape index (κ3) is 6.78. The van der Waals surface area contributed by atoms with Crippen molar-refractivity contribution in [2.45, 2.75) is 12.5 Å². The lowest BCUT2D eigenvalue weighted by molar-refractivity contribution is 0.427. The van der Waals surface area contributed by atoms with E-state index >= 15 is 0 Å². The Bertz CT molecular complexity index is 309. The highest BCUT2D eigenvalue weighted by atomic mass is 32.2. The van der Waals surface area contributed by atoms with Crippen LogP contribution in [0, 0.1) is 0 Å². The third-order valence-electron chi connectivity index (χ3n) is 1.90. The molecule has 0 aromatic heterocycles. The molecule has 0 saturated carbocycles. The lowest BCUT2D eigenvalue weighted by Crippen LogP contribution is -2.24. The SMILES string of the molecule is CN(C)SOc1ccc(CC(N)CF)cc1.S. The number of halogens is 1. The van der Waals surface area contributed by atoms with E-state index in [0.717, 1.165) is 11.3 Å². The summed E-state index contributed by atoms with van der Waals surface area (Å²) < 4.78 is 19.4. The van der Waals surface area contributed by atoms with Gasteiger partial charge in [0.1, 0.15) is 24.7 Å². The molecule has 0 spiro atoms. The molecule has 0 amide bonds. The molecule has 0 aliphatic heterocycles. The topological polar surface area (TPSA) is 38.5 Å². The smallest absolute Gasteiger partial charge is 0.146 e. The average Bonchev–Trinajstić information content (AvgIpc) is 2.28. The van der Waals surface area contributed by atoms with Crippen molar-refractivity contribution in [3.8, 4) is 5.75 Å². The van der Waals surface area contributed by atoms with Crippen LogP contribution in [0.4, 0.5) is 4.39 Å². The van der Waals surface area contributed by atoms with Gasteiger partial charge in [0.25, 0.3) is 0 Å². The number of alkyl halides is 1. The van der Waals surface area contributed by atoms with Crippen molar-refractivity contribution in [1.82, 2.24) is 4.31 Å². The molecule has 1 atom stereocenters. The van der Waals surface area contributed by atoms with Gasteiger partial charge in [-0.1, -0.05) is 12.1 Å². The minimum absolute atomic E-state index is 0. The Kier molecular flexibility index (Phi) is 8.41. The van der Waals surface area contributed by atoms with Crippen molar-refractivity contribution in [2.75, 3.05) is 20.8 Å². The second kappa shape index (κ2) is 8.63. The molecule has 0 fully saturated rings. The van der Waals surface area contributed by atoms with E-state index < -0.39 is 12.7 Å². The summed E-state index contributed by atoms with van der Waals surface area (Å²) in [6, 6.07) is 7.11. The van der Waals surface area contributed by atoms with Crippen molar-refractivity contribution in [2.24, 2.45) is 5.73 Å². The number of hydrogen-bond acceptors (Lipinski definition) is 4. The van der Waals surface area contributed by atoms with Crippen molar-refractivity contribution in [3.63, 3.8) is 0 Å². The fraction of sp³-hybridized carbons (Fsp3) is 0.455. The molecular weight excluding hydrogens is 259 g/mol. The normalized spacial score (nSPS) is 12.1. The van der Waals surface area contributed by atoms with E-state index in [-0.39, 0.29) is 13.5 Å². The highest BCUT2D eigenvalue weighted by molar-refractivity contribution is 7.92. The van der Waals surface area contributed by atoms with Crippen LogP contribution in [0.5, 0.6) is 5.75 Å². The Morgan fingerprint density at radius 3 is 2.41 bits per heavy atom. The molecule has 6 heteroatoms. The van der Waals surface area contributed by atoms with Gasteiger partial charge < -0.3 is 9.92 Å². The van der Waals surface area contributed by atoms with Gasteiger partial charge in [-0.2, -0.15) is 13.5 Å². The zero-order valence-electron chi connectivity index (χ0n) is 10.0. The summed E-state index contributed by atoms with van der Waals surface area (Å²) in [6.45, 7) is -0.491. The fourth-order valence-electron chi connectivity index (χ4n) is 1.16. The molecule has 0 radical (unpaired) electrons. The summed E-state index contributed by atoms with van der Waals surface area (Å²) in [4.78, 5) is 0. The van der Waals surface area contributed by atoms with E-state index in [1.54, 1.807) is 0 Å². The van der Waals surface area contributed by atoms with E-state index in [1.807, 2.05) is 42.7 Å². The minimum atomic E-state index is -0.491. The highest BCUT2D eigenvalue weighted by Gasteiger charge is 2.03. The van der Waals surface area contributed by atoms with Crippen LogP contribution in [0.2, 0.25) is 0 Å². The predicted molar refractivity (Wildman–Crippen MR) is 76.4 cm³/mol. The first-order chi connectivity index (χ1) is 7.61. The van der Waals surface area contributed by atoms with E-state index in [0.29, 0.717) is 6.42 Å². The Morgan fingerprint density at radius 1 is 1.35 bits per heavy atom. The molecule has 0 heterocycles. The quantitative estimate of drug-likeness (QED) is 0.639. The molecule has 17 heavy (non-hydrogen) atoms. The zero-order chi connectivity index (χ0) is 12.0. The van der Waals surface area contributed by atoms with Crippen LogP contribution in [0.3, 0.4) is 0 Å². The molecule has 0 bridgehead atoms. The second-order valence-corrected chi connectivity index (χ2v) is 4.78. The number of rotatable bonds is 6. The van der Waals surface area contributed by atoms with Crippen LogP contribution in [0.15, 0.2) is 24.3 Å². The zero-order valence-corrected chi connectivity index (χ0v) is 11.8. The van der Waals surface area contributed by atoms with Gasteiger partial charge in [0.15, 0.2) is 0 Å². The molecule has 0 aliphatic rings. The molecule has 1 rings (SSSR count). The van der Waals surface area contributed by atoms with Gasteiger partial charge in [-0.15, -0.1) is 0 Å². The Balaban J connectivity index is 0.00000256. The van der Waals surface area contributed by atoms with E-state index in [2.05, 4.69) is 0 Å². The molecule has 98 valence electrons. The molecule has 0 aliphatic carbocycles. The maximum Gasteiger partial charge on any atom is 0.146 e. The van der Waals surface area contributed by atoms with Crippen molar-refractivity contribution in [1.29, 1.82) is 0 Å². The van der Waals surface area contributed by atoms with Gasteiger partial charge in [-0.3, -0.25) is 0 Å². The second-order valence-electron chi connectivity index (χ2n) is 3.73. The number of benzene rings is 1. The van der Waals surface area contributed by atoms with Crippen LogP contribution in [-0.2, 0) is 6.42 Å². The molecule has 1 unspecified atom stereocenters. The molecule has 2 N–H and O–H groups in total. The van der Waals surface area contributed by atoms with Gasteiger partial charge in [-0.25, -0.2) is 8.70 Å². The molecule has 0 saturated heterocycles. The third-order valence-corrected chi connectivity index (χ3v) is 2.47. The fourth-order valence-corrected chi connectivity index (χ4v) is 1.50. The van der Waals surface area contributed by atoms with Gasteiger partial charge >= 0.3 is 0 Å². The summed E-state index contributed by atoms with van der Waals surface area (Å²) in [5.41, 5.74) is 6.55. The van der Waals surface area contributed by atoms with Crippen LogP contribution < -0.4 is 9.92 Å². The minimum Gasteiger partial charge on any atom is -0.409 e. The van der Waals surface area contributed by atoms with Gasteiger partial charge in [0, 0.05) is 20.1 Å². The van der Waals surface area contributed by atoms with E-state index in [1.165, 1.54) is 12.2 Å². The van der Waals surface area contributed by atoms with Crippen LogP contribution in [0.1, 0.15) is 5.56 Å². The first-order valence-electron chi connectivity index (χ1n) is 5.04. The largest absolute Gasteiger partial charge is 0.409 e. The number of nitrogens with two attached hydrogens (primary N) is 1. The first-order valence-corrected chi connectivity index (χ1v) is 5.74. The lowest BCUT2D eigenvalue weighted by atomic mass is 10.1. The maximum absolute atomic E-state index is 12.2. The van der Waals surface area contributed by atoms with Crippen LogP contribution in [-0.4, -0.2) is 31.1 Å². The monoisotopic (exact) mass is 278 g/mol. The molecular formula is C11H19FN2OS2. The van der Waals surface area contributed by atoms with E-state index in [4.69, 9.17) is 9.92 Å². The summed E-state index contributed by atoms with van der Waals surface area (Å²) in [7, 11) is 3.80. The Morgan fingerprint density at radius 2 is 1.94 bits per heavy atom. The van der Waals surface area contributed by atoms with Gasteiger partial charge in [-0.05, 0) is 24.1 Å². The van der Waals surface area contributed by atoms with Crippen molar-refractivity contribution < 1.29 is 8.57 Å². The molecule has 3 nitrogen and oxygen atoms in total. The summed E-state index contributed by atoms with van der Waals surface area (Å²) in [6.07, 6.45) is 0.553. The van der Waals surface area contributed by atoms with Gasteiger partial charge in [0.05, 0.1) is 0 Å². The highest BCUT2D eigenvalue weighted by Crippen LogP contribution is 2.18. The van der Waals surface area contributed by atoms with Crippen molar-refractivity contribution in [3.05, 3.63) is 29.8 Å². The van der Waals surface area contributed by atoms with Gasteiger partial charge in [0.2, 0.25) is 0 Å². The van der Waals surface area contributed by atoms with Crippen LogP contribution in [0.25, 0.3) is 0 Å². The standard InChI is InChI=1S/C11H17FN2OS.H2S/c1-14(2)16-15-11-5-3-9(4-6-11)7-10(13)8-12;/h3-6,10H,7-8,13H2,1-2H3;1H2. The summed E-state index contributed by atoms with van der Waals surface area (Å²) in [5, 5.41) is 0. The average molecular weight is 278 g/mol. The molecule has 1 aromatic carbocycles. The lowest BCUT2D eigenvalue weighted by Gasteiger charge is -2.10. The number of nitrogens with zero attached hydrogens (tertiary/aromatic N) is 1. The number of hydrogen-bond donors (Lipinski definition) is 1.